The SMILES string of the molecule is Cc1cc2c(OS(=O)(=O)C(F)(F)F)cccc2n1-c1nc2c(c(NCc3ccccc3)n1)CCC2. The smallest absolute Gasteiger partial charge is 0.375 e. The van der Waals surface area contributed by atoms with E-state index in [0.29, 0.717) is 29.5 Å². The van der Waals surface area contributed by atoms with Gasteiger partial charge in [-0.3, -0.25) is 4.57 Å². The third-order valence-electron chi connectivity index (χ3n) is 5.90. The van der Waals surface area contributed by atoms with Gasteiger partial charge in [-0.1, -0.05) is 36.4 Å². The molecule has 7 nitrogen and oxygen atoms in total. The average Bonchev–Trinajstić information content (AvgIpc) is 3.41. The fourth-order valence-corrected chi connectivity index (χ4v) is 4.76. The van der Waals surface area contributed by atoms with Crippen molar-refractivity contribution in [1.29, 1.82) is 0 Å². The zero-order valence-electron chi connectivity index (χ0n) is 18.6. The zero-order valence-corrected chi connectivity index (χ0v) is 19.4. The molecule has 4 aromatic rings. The van der Waals surface area contributed by atoms with Gasteiger partial charge in [0.2, 0.25) is 5.95 Å². The zero-order chi connectivity index (χ0) is 24.8. The van der Waals surface area contributed by atoms with Crippen molar-refractivity contribution in [3.05, 3.63) is 77.1 Å². The molecule has 0 unspecified atom stereocenters. The fraction of sp³-hybridized carbons (Fsp3) is 0.250. The molecule has 0 saturated carbocycles. The Morgan fingerprint density at radius 3 is 2.57 bits per heavy atom. The molecule has 11 heteroatoms. The molecule has 2 aromatic carbocycles. The van der Waals surface area contributed by atoms with Crippen LogP contribution >= 0.6 is 0 Å². The Labute approximate surface area is 199 Å². The maximum absolute atomic E-state index is 12.9. The van der Waals surface area contributed by atoms with Gasteiger partial charge in [0.15, 0.2) is 5.75 Å². The summed E-state index contributed by atoms with van der Waals surface area (Å²) >= 11 is 0. The highest BCUT2D eigenvalue weighted by atomic mass is 32.2. The van der Waals surface area contributed by atoms with Crippen molar-refractivity contribution < 1.29 is 25.8 Å². The summed E-state index contributed by atoms with van der Waals surface area (Å²) in [4.78, 5) is 9.50. The topological polar surface area (TPSA) is 86.1 Å². The average molecular weight is 503 g/mol. The lowest BCUT2D eigenvalue weighted by molar-refractivity contribution is -0.0499. The van der Waals surface area contributed by atoms with E-state index >= 15 is 0 Å². The van der Waals surface area contributed by atoms with E-state index in [1.807, 2.05) is 30.3 Å². The van der Waals surface area contributed by atoms with Gasteiger partial charge in [-0.2, -0.15) is 26.6 Å². The first-order valence-electron chi connectivity index (χ1n) is 10.9. The first kappa shape index (κ1) is 23.2. The number of nitrogens with one attached hydrogen (secondary N) is 1. The van der Waals surface area contributed by atoms with Crippen LogP contribution in [0.15, 0.2) is 54.6 Å². The summed E-state index contributed by atoms with van der Waals surface area (Å²) in [5.41, 5.74) is -1.42. The molecule has 1 aliphatic carbocycles. The molecular formula is C24H21F3N4O3S. The second-order valence-corrected chi connectivity index (χ2v) is 9.82. The fourth-order valence-electron chi connectivity index (χ4n) is 4.29. The van der Waals surface area contributed by atoms with E-state index in [1.54, 1.807) is 23.6 Å². The van der Waals surface area contributed by atoms with E-state index < -0.39 is 21.4 Å². The molecule has 2 heterocycles. The number of alkyl halides is 3. The van der Waals surface area contributed by atoms with Crippen LogP contribution in [0.5, 0.6) is 5.75 Å². The number of fused-ring (bicyclic) bond motifs is 2. The Kier molecular flexibility index (Phi) is 5.66. The molecule has 35 heavy (non-hydrogen) atoms. The van der Waals surface area contributed by atoms with Gasteiger partial charge in [-0.05, 0) is 49.9 Å². The summed E-state index contributed by atoms with van der Waals surface area (Å²) < 4.78 is 68.0. The monoisotopic (exact) mass is 502 g/mol. The van der Waals surface area contributed by atoms with Crippen LogP contribution in [-0.4, -0.2) is 28.5 Å². The third-order valence-corrected chi connectivity index (χ3v) is 6.86. The predicted octanol–water partition coefficient (Wildman–Crippen LogP) is 5.06. The lowest BCUT2D eigenvalue weighted by Crippen LogP contribution is -2.28. The maximum Gasteiger partial charge on any atom is 0.534 e. The van der Waals surface area contributed by atoms with Crippen LogP contribution in [-0.2, 0) is 29.5 Å². The maximum atomic E-state index is 12.9. The molecule has 2 aromatic heterocycles. The summed E-state index contributed by atoms with van der Waals surface area (Å²) in [6.07, 6.45) is 2.60. The molecule has 0 amide bonds. The van der Waals surface area contributed by atoms with Crippen LogP contribution in [0, 0.1) is 6.92 Å². The molecule has 0 bridgehead atoms. The van der Waals surface area contributed by atoms with Crippen molar-refractivity contribution in [1.82, 2.24) is 14.5 Å². The van der Waals surface area contributed by atoms with Crippen LogP contribution in [0.4, 0.5) is 19.0 Å². The molecule has 1 aliphatic rings. The summed E-state index contributed by atoms with van der Waals surface area (Å²) in [7, 11) is -5.81. The van der Waals surface area contributed by atoms with Crippen molar-refractivity contribution in [2.45, 2.75) is 38.2 Å². The van der Waals surface area contributed by atoms with Crippen LogP contribution in [0.2, 0.25) is 0 Å². The lowest BCUT2D eigenvalue weighted by Gasteiger charge is -2.14. The van der Waals surface area contributed by atoms with Gasteiger partial charge >= 0.3 is 15.6 Å². The molecule has 0 aliphatic heterocycles. The number of aromatic nitrogens is 3. The van der Waals surface area contributed by atoms with Crippen LogP contribution in [0.25, 0.3) is 16.9 Å². The van der Waals surface area contributed by atoms with Crippen LogP contribution < -0.4 is 9.50 Å². The number of halogens is 3. The molecule has 0 spiro atoms. The molecule has 0 radical (unpaired) electrons. The minimum absolute atomic E-state index is 0.209. The highest BCUT2D eigenvalue weighted by molar-refractivity contribution is 7.88. The summed E-state index contributed by atoms with van der Waals surface area (Å²) in [5, 5.41) is 3.61. The molecule has 0 saturated heterocycles. The number of rotatable bonds is 6. The van der Waals surface area contributed by atoms with Gasteiger partial charge in [0.25, 0.3) is 0 Å². The Balaban J connectivity index is 1.57. The van der Waals surface area contributed by atoms with Crippen molar-refractivity contribution in [3.63, 3.8) is 0 Å². The van der Waals surface area contributed by atoms with E-state index in [4.69, 9.17) is 9.97 Å². The van der Waals surface area contributed by atoms with E-state index in [0.717, 1.165) is 36.1 Å². The number of nitrogens with zero attached hydrogens (tertiary/aromatic N) is 3. The highest BCUT2D eigenvalue weighted by Gasteiger charge is 2.48. The van der Waals surface area contributed by atoms with Crippen LogP contribution in [0.1, 0.15) is 28.9 Å². The normalized spacial score (nSPS) is 13.7. The number of hydrogen-bond acceptors (Lipinski definition) is 6. The quantitative estimate of drug-likeness (QED) is 0.293. The number of aryl methyl sites for hydroxylation is 2. The summed E-state index contributed by atoms with van der Waals surface area (Å²) in [6, 6.07) is 15.7. The van der Waals surface area contributed by atoms with Gasteiger partial charge in [0.05, 0.1) is 11.2 Å². The molecule has 0 fully saturated rings. The van der Waals surface area contributed by atoms with Crippen molar-refractivity contribution in [2.75, 3.05) is 5.32 Å². The van der Waals surface area contributed by atoms with Gasteiger partial charge in [0.1, 0.15) is 5.82 Å². The summed E-state index contributed by atoms with van der Waals surface area (Å²) in [5.74, 6) is 0.648. The minimum Gasteiger partial charge on any atom is -0.375 e. The molecule has 182 valence electrons. The predicted molar refractivity (Wildman–Crippen MR) is 125 cm³/mol. The first-order valence-corrected chi connectivity index (χ1v) is 12.3. The van der Waals surface area contributed by atoms with E-state index in [9.17, 15) is 21.6 Å². The standard InChI is InChI=1S/C24H21F3N4O3S/c1-15-13-18-20(11-6-12-21(18)34-35(32,33)24(25,26)27)31(15)23-29-19-10-5-9-17(19)22(30-23)28-14-16-7-3-2-4-8-16/h2-4,6-8,11-13H,5,9-10,14H2,1H3,(H,28,29,30). The largest absolute Gasteiger partial charge is 0.534 e. The number of benzene rings is 2. The second kappa shape index (κ2) is 8.56. The molecule has 1 N–H and O–H groups in total. The Morgan fingerprint density at radius 1 is 1.06 bits per heavy atom. The van der Waals surface area contributed by atoms with Gasteiger partial charge in [-0.25, -0.2) is 4.98 Å². The second-order valence-electron chi connectivity index (χ2n) is 8.28. The van der Waals surface area contributed by atoms with Crippen molar-refractivity contribution in [3.8, 4) is 11.7 Å². The molecule has 5 rings (SSSR count). The lowest BCUT2D eigenvalue weighted by atomic mass is 10.2. The Bertz CT molecular complexity index is 1520. The van der Waals surface area contributed by atoms with E-state index in [2.05, 4.69) is 9.50 Å². The first-order chi connectivity index (χ1) is 16.6. The van der Waals surface area contributed by atoms with Gasteiger partial charge in [0, 0.05) is 23.2 Å². The van der Waals surface area contributed by atoms with Crippen LogP contribution in [0.3, 0.4) is 0 Å². The number of hydrogen-bond donors (Lipinski definition) is 1. The molecule has 0 atom stereocenters. The van der Waals surface area contributed by atoms with Gasteiger partial charge in [-0.15, -0.1) is 0 Å². The van der Waals surface area contributed by atoms with Crippen molar-refractivity contribution in [2.24, 2.45) is 0 Å². The third kappa shape index (κ3) is 4.31. The summed E-state index contributed by atoms with van der Waals surface area (Å²) in [6.45, 7) is 2.32. The highest BCUT2D eigenvalue weighted by Crippen LogP contribution is 2.35. The van der Waals surface area contributed by atoms with Gasteiger partial charge < -0.3 is 9.50 Å². The minimum atomic E-state index is -5.81. The molecular weight excluding hydrogens is 481 g/mol. The Hall–Kier alpha value is -3.60. The number of anilines is 1. The van der Waals surface area contributed by atoms with E-state index in [-0.39, 0.29) is 5.39 Å². The Morgan fingerprint density at radius 2 is 1.83 bits per heavy atom. The van der Waals surface area contributed by atoms with Crippen molar-refractivity contribution >= 4 is 26.8 Å². The van der Waals surface area contributed by atoms with E-state index in [1.165, 1.54) is 12.1 Å².